The van der Waals surface area contributed by atoms with E-state index in [1.165, 1.54) is 24.0 Å². The quantitative estimate of drug-likeness (QED) is 0.750. The summed E-state index contributed by atoms with van der Waals surface area (Å²) in [7, 11) is 0. The van der Waals surface area contributed by atoms with E-state index in [9.17, 15) is 4.79 Å². The van der Waals surface area contributed by atoms with Crippen LogP contribution >= 0.6 is 0 Å². The van der Waals surface area contributed by atoms with Gasteiger partial charge in [-0.3, -0.25) is 4.79 Å². The lowest BCUT2D eigenvalue weighted by Crippen LogP contribution is -2.47. The minimum absolute atomic E-state index is 0.103. The summed E-state index contributed by atoms with van der Waals surface area (Å²) in [6, 6.07) is 8.21. The van der Waals surface area contributed by atoms with E-state index in [0.29, 0.717) is 6.54 Å². The molecule has 1 fully saturated rings. The summed E-state index contributed by atoms with van der Waals surface area (Å²) in [5.74, 6) is 0.915. The molecule has 2 N–H and O–H groups in total. The molecular weight excluding hydrogens is 264 g/mol. The Labute approximate surface area is 126 Å². The minimum atomic E-state index is -0.104. The van der Waals surface area contributed by atoms with Gasteiger partial charge in [0.05, 0.1) is 6.04 Å². The molecule has 0 bridgehead atoms. The van der Waals surface area contributed by atoms with Gasteiger partial charge < -0.3 is 15.4 Å². The van der Waals surface area contributed by atoms with Gasteiger partial charge in [0.2, 0.25) is 5.91 Å². The van der Waals surface area contributed by atoms with Crippen LogP contribution in [-0.4, -0.2) is 31.7 Å². The molecule has 1 heterocycles. The predicted octanol–water partition coefficient (Wildman–Crippen LogP) is 1.63. The van der Waals surface area contributed by atoms with Crippen molar-refractivity contribution in [3.8, 4) is 0 Å². The van der Waals surface area contributed by atoms with E-state index < -0.39 is 0 Å². The number of hydrogen-bond donors (Lipinski definition) is 2. The van der Waals surface area contributed by atoms with Crippen LogP contribution in [0.5, 0.6) is 0 Å². The standard InChI is InChI=1S/C17H24N2O2/c20-17(18-8-3-9-21-12-13-6-7-13)16-10-14-4-1-2-5-15(14)11-19-16/h1-2,4-5,13,16,19H,3,6-12H2,(H,18,20). The van der Waals surface area contributed by atoms with Crippen molar-refractivity contribution in [3.05, 3.63) is 35.4 Å². The van der Waals surface area contributed by atoms with Crippen molar-refractivity contribution in [2.45, 2.75) is 38.3 Å². The van der Waals surface area contributed by atoms with E-state index in [-0.39, 0.29) is 11.9 Å². The summed E-state index contributed by atoms with van der Waals surface area (Å²) in [6.45, 7) is 3.12. The lowest BCUT2D eigenvalue weighted by atomic mass is 9.95. The maximum atomic E-state index is 12.1. The van der Waals surface area contributed by atoms with Gasteiger partial charge >= 0.3 is 0 Å². The lowest BCUT2D eigenvalue weighted by Gasteiger charge is -2.25. The summed E-state index contributed by atoms with van der Waals surface area (Å²) in [6.07, 6.45) is 4.32. The smallest absolute Gasteiger partial charge is 0.237 e. The third-order valence-corrected chi connectivity index (χ3v) is 4.21. The average Bonchev–Trinajstić information content (AvgIpc) is 3.34. The second-order valence-electron chi connectivity index (χ2n) is 6.07. The molecule has 4 heteroatoms. The molecule has 2 aliphatic rings. The van der Waals surface area contributed by atoms with Crippen LogP contribution in [-0.2, 0) is 22.5 Å². The number of benzene rings is 1. The number of hydrogen-bond acceptors (Lipinski definition) is 3. The molecule has 1 aromatic carbocycles. The first-order valence-corrected chi connectivity index (χ1v) is 7.98. The van der Waals surface area contributed by atoms with Crippen molar-refractivity contribution >= 4 is 5.91 Å². The van der Waals surface area contributed by atoms with Gasteiger partial charge in [-0.1, -0.05) is 24.3 Å². The van der Waals surface area contributed by atoms with Gasteiger partial charge in [-0.2, -0.15) is 0 Å². The van der Waals surface area contributed by atoms with E-state index in [0.717, 1.165) is 38.5 Å². The van der Waals surface area contributed by atoms with Crippen LogP contribution in [0.4, 0.5) is 0 Å². The van der Waals surface area contributed by atoms with Crippen molar-refractivity contribution in [1.82, 2.24) is 10.6 Å². The van der Waals surface area contributed by atoms with Gasteiger partial charge in [0.15, 0.2) is 0 Å². The molecule has 4 nitrogen and oxygen atoms in total. The zero-order valence-electron chi connectivity index (χ0n) is 12.4. The molecular formula is C17H24N2O2. The van der Waals surface area contributed by atoms with Crippen LogP contribution in [0, 0.1) is 5.92 Å². The van der Waals surface area contributed by atoms with Crippen molar-refractivity contribution in [2.75, 3.05) is 19.8 Å². The summed E-state index contributed by atoms with van der Waals surface area (Å²) in [5, 5.41) is 6.31. The topological polar surface area (TPSA) is 50.4 Å². The first-order chi connectivity index (χ1) is 10.3. The third-order valence-electron chi connectivity index (χ3n) is 4.21. The highest BCUT2D eigenvalue weighted by Crippen LogP contribution is 2.28. The van der Waals surface area contributed by atoms with E-state index in [2.05, 4.69) is 22.8 Å². The molecule has 1 aliphatic heterocycles. The molecule has 0 saturated heterocycles. The fraction of sp³-hybridized carbons (Fsp3) is 0.588. The molecule has 1 aliphatic carbocycles. The number of amides is 1. The average molecular weight is 288 g/mol. The highest BCUT2D eigenvalue weighted by Gasteiger charge is 2.23. The van der Waals surface area contributed by atoms with E-state index in [1.54, 1.807) is 0 Å². The maximum absolute atomic E-state index is 12.1. The molecule has 21 heavy (non-hydrogen) atoms. The van der Waals surface area contributed by atoms with Crippen molar-refractivity contribution in [1.29, 1.82) is 0 Å². The van der Waals surface area contributed by atoms with Gasteiger partial charge in [-0.25, -0.2) is 0 Å². The van der Waals surface area contributed by atoms with Gasteiger partial charge in [0.1, 0.15) is 0 Å². The Morgan fingerprint density at radius 3 is 2.90 bits per heavy atom. The van der Waals surface area contributed by atoms with E-state index >= 15 is 0 Å². The van der Waals surface area contributed by atoms with Gasteiger partial charge in [0, 0.05) is 26.3 Å². The number of carbonyl (C=O) groups is 1. The van der Waals surface area contributed by atoms with Crippen LogP contribution < -0.4 is 10.6 Å². The molecule has 3 rings (SSSR count). The van der Waals surface area contributed by atoms with Crippen LogP contribution in [0.2, 0.25) is 0 Å². The zero-order valence-corrected chi connectivity index (χ0v) is 12.4. The first-order valence-electron chi connectivity index (χ1n) is 7.98. The zero-order chi connectivity index (χ0) is 14.5. The van der Waals surface area contributed by atoms with Crippen molar-refractivity contribution in [2.24, 2.45) is 5.92 Å². The third kappa shape index (κ3) is 4.29. The second-order valence-corrected chi connectivity index (χ2v) is 6.07. The number of ether oxygens (including phenoxy) is 1. The Balaban J connectivity index is 1.34. The van der Waals surface area contributed by atoms with Gasteiger partial charge in [-0.15, -0.1) is 0 Å². The number of fused-ring (bicyclic) bond motifs is 1. The summed E-state index contributed by atoms with van der Waals surface area (Å²) < 4.78 is 5.56. The normalized spacial score (nSPS) is 20.9. The van der Waals surface area contributed by atoms with Crippen LogP contribution in [0.15, 0.2) is 24.3 Å². The van der Waals surface area contributed by atoms with Crippen LogP contribution in [0.1, 0.15) is 30.4 Å². The summed E-state index contributed by atoms with van der Waals surface area (Å²) in [4.78, 5) is 12.1. The molecule has 0 spiro atoms. The Morgan fingerprint density at radius 2 is 2.10 bits per heavy atom. The summed E-state index contributed by atoms with van der Waals surface area (Å²) >= 11 is 0. The molecule has 1 unspecified atom stereocenters. The van der Waals surface area contributed by atoms with E-state index in [4.69, 9.17) is 4.74 Å². The van der Waals surface area contributed by atoms with Crippen molar-refractivity contribution in [3.63, 3.8) is 0 Å². The second kappa shape index (κ2) is 7.05. The Morgan fingerprint density at radius 1 is 1.29 bits per heavy atom. The first kappa shape index (κ1) is 14.5. The largest absolute Gasteiger partial charge is 0.381 e. The Hall–Kier alpha value is -1.39. The van der Waals surface area contributed by atoms with Crippen LogP contribution in [0.25, 0.3) is 0 Å². The number of nitrogens with one attached hydrogen (secondary N) is 2. The Bertz CT molecular complexity index is 485. The number of rotatable bonds is 7. The molecule has 1 saturated carbocycles. The maximum Gasteiger partial charge on any atom is 0.237 e. The van der Waals surface area contributed by atoms with Crippen LogP contribution in [0.3, 0.4) is 0 Å². The predicted molar refractivity (Wildman–Crippen MR) is 81.9 cm³/mol. The molecule has 0 aromatic heterocycles. The molecule has 1 atom stereocenters. The molecule has 114 valence electrons. The monoisotopic (exact) mass is 288 g/mol. The molecule has 0 radical (unpaired) electrons. The van der Waals surface area contributed by atoms with Gasteiger partial charge in [0.25, 0.3) is 0 Å². The Kier molecular flexibility index (Phi) is 4.88. The lowest BCUT2D eigenvalue weighted by molar-refractivity contribution is -0.123. The summed E-state index contributed by atoms with van der Waals surface area (Å²) in [5.41, 5.74) is 2.58. The fourth-order valence-electron chi connectivity index (χ4n) is 2.68. The highest BCUT2D eigenvalue weighted by molar-refractivity contribution is 5.82. The van der Waals surface area contributed by atoms with E-state index in [1.807, 2.05) is 12.1 Å². The molecule has 1 amide bonds. The molecule has 1 aromatic rings. The highest BCUT2D eigenvalue weighted by atomic mass is 16.5. The SMILES string of the molecule is O=C(NCCCOCC1CC1)C1Cc2ccccc2CN1. The number of carbonyl (C=O) groups excluding carboxylic acids is 1. The minimum Gasteiger partial charge on any atom is -0.381 e. The van der Waals surface area contributed by atoms with Crippen molar-refractivity contribution < 1.29 is 9.53 Å². The van der Waals surface area contributed by atoms with Gasteiger partial charge in [-0.05, 0) is 42.7 Å². The fourth-order valence-corrected chi connectivity index (χ4v) is 2.68.